The molecule has 29 heavy (non-hydrogen) atoms. The molecule has 2 aromatic rings. The van der Waals surface area contributed by atoms with E-state index in [4.69, 9.17) is 11.6 Å². The second-order valence-corrected chi connectivity index (χ2v) is 11.1. The number of nitrogens with one attached hydrogen (secondary N) is 2. The average Bonchev–Trinajstić information content (AvgIpc) is 3.02. The molecule has 2 saturated carbocycles. The highest BCUT2D eigenvalue weighted by Gasteiger charge is 2.53. The highest BCUT2D eigenvalue weighted by atomic mass is 35.5. The predicted octanol–water partition coefficient (Wildman–Crippen LogP) is 4.12. The molecule has 2 aliphatic carbocycles. The number of hydrogen-bond donors (Lipinski definition) is 2. The van der Waals surface area contributed by atoms with Gasteiger partial charge in [-0.25, -0.2) is 17.8 Å². The molecule has 10 heteroatoms. The Kier molecular flexibility index (Phi) is 5.52. The summed E-state index contributed by atoms with van der Waals surface area (Å²) in [6.45, 7) is 2.28. The van der Waals surface area contributed by atoms with Crippen LogP contribution in [0.15, 0.2) is 28.6 Å². The molecule has 1 aromatic heterocycles. The van der Waals surface area contributed by atoms with Crippen molar-refractivity contribution in [2.75, 3.05) is 24.1 Å². The molecule has 5 atom stereocenters. The number of rotatable bonds is 6. The zero-order valence-corrected chi connectivity index (χ0v) is 18.8. The number of nitrogens with zero attached hydrogens (tertiary/aromatic N) is 2. The first-order valence-electron chi connectivity index (χ1n) is 9.51. The first kappa shape index (κ1) is 20.8. The summed E-state index contributed by atoms with van der Waals surface area (Å²) >= 11 is 7.48. The molecule has 1 heterocycles. The SMILES string of the molecule is C[C@H]1C2C[C@H](Nc3cc(F)c(S(=O)(=O)Nc4nccs4)cc3Cl)[C@@H](N(C)C)CC21. The summed E-state index contributed by atoms with van der Waals surface area (Å²) in [4.78, 5) is 5.57. The van der Waals surface area contributed by atoms with E-state index in [0.717, 1.165) is 42.1 Å². The van der Waals surface area contributed by atoms with Crippen molar-refractivity contribution in [1.29, 1.82) is 0 Å². The third-order valence-electron chi connectivity index (χ3n) is 6.23. The molecule has 0 spiro atoms. The van der Waals surface area contributed by atoms with E-state index in [1.54, 1.807) is 5.38 Å². The van der Waals surface area contributed by atoms with Crippen LogP contribution in [-0.2, 0) is 10.0 Å². The van der Waals surface area contributed by atoms with Crippen molar-refractivity contribution in [1.82, 2.24) is 9.88 Å². The zero-order chi connectivity index (χ0) is 20.9. The Morgan fingerprint density at radius 3 is 2.66 bits per heavy atom. The van der Waals surface area contributed by atoms with Crippen LogP contribution in [0.1, 0.15) is 19.8 Å². The topological polar surface area (TPSA) is 74.3 Å². The van der Waals surface area contributed by atoms with Crippen LogP contribution in [0.25, 0.3) is 0 Å². The summed E-state index contributed by atoms with van der Waals surface area (Å²) < 4.78 is 42.1. The minimum atomic E-state index is -4.12. The van der Waals surface area contributed by atoms with Crippen molar-refractivity contribution in [3.8, 4) is 0 Å². The van der Waals surface area contributed by atoms with Gasteiger partial charge in [0.1, 0.15) is 10.7 Å². The number of hydrogen-bond acceptors (Lipinski definition) is 6. The van der Waals surface area contributed by atoms with Gasteiger partial charge in [0.2, 0.25) is 0 Å². The first-order valence-corrected chi connectivity index (χ1v) is 12.3. The zero-order valence-electron chi connectivity index (χ0n) is 16.4. The standard InChI is InChI=1S/C19H24ClFN4O2S2/c1-10-11-6-16(17(25(2)3)7-12(10)11)23-15-9-14(21)18(8-13(15)20)29(26,27)24-19-22-4-5-28-19/h4-5,8-12,16-17,23H,6-7H2,1-3H3,(H,22,24)/t10-,11?,12?,16-,17-/m0/s1. The molecule has 0 radical (unpaired) electrons. The van der Waals surface area contributed by atoms with Gasteiger partial charge in [0, 0.05) is 23.7 Å². The summed E-state index contributed by atoms with van der Waals surface area (Å²) in [6.07, 6.45) is 3.56. The maximum absolute atomic E-state index is 14.8. The number of halogens is 2. The fraction of sp³-hybridized carbons (Fsp3) is 0.526. The highest BCUT2D eigenvalue weighted by Crippen LogP contribution is 2.56. The lowest BCUT2D eigenvalue weighted by Gasteiger charge is -2.37. The van der Waals surface area contributed by atoms with Crippen LogP contribution in [0.4, 0.5) is 15.2 Å². The van der Waals surface area contributed by atoms with E-state index in [0.29, 0.717) is 17.6 Å². The van der Waals surface area contributed by atoms with Crippen LogP contribution in [0.5, 0.6) is 0 Å². The maximum atomic E-state index is 14.8. The smallest absolute Gasteiger partial charge is 0.266 e. The lowest BCUT2D eigenvalue weighted by atomic mass is 9.89. The number of sulfonamides is 1. The number of benzene rings is 1. The Hall–Kier alpha value is -1.42. The van der Waals surface area contributed by atoms with Gasteiger partial charge in [-0.05, 0) is 56.8 Å². The van der Waals surface area contributed by atoms with E-state index in [2.05, 4.69) is 40.9 Å². The number of thiazole rings is 1. The Labute approximate surface area is 179 Å². The van der Waals surface area contributed by atoms with Crippen LogP contribution in [-0.4, -0.2) is 44.5 Å². The summed E-state index contributed by atoms with van der Waals surface area (Å²) in [7, 11) is -0.0165. The summed E-state index contributed by atoms with van der Waals surface area (Å²) in [5, 5.41) is 5.36. The molecule has 158 valence electrons. The van der Waals surface area contributed by atoms with Gasteiger partial charge in [-0.1, -0.05) is 18.5 Å². The Morgan fingerprint density at radius 1 is 1.28 bits per heavy atom. The maximum Gasteiger partial charge on any atom is 0.266 e. The molecular formula is C19H24ClFN4O2S2. The van der Waals surface area contributed by atoms with Gasteiger partial charge >= 0.3 is 0 Å². The molecule has 0 saturated heterocycles. The molecule has 2 unspecified atom stereocenters. The molecule has 4 rings (SSSR count). The number of fused-ring (bicyclic) bond motifs is 1. The van der Waals surface area contributed by atoms with Crippen LogP contribution in [0, 0.1) is 23.6 Å². The highest BCUT2D eigenvalue weighted by molar-refractivity contribution is 7.93. The Balaban J connectivity index is 1.57. The van der Waals surface area contributed by atoms with Gasteiger partial charge in [0.05, 0.1) is 10.7 Å². The summed E-state index contributed by atoms with van der Waals surface area (Å²) in [6, 6.07) is 2.78. The largest absolute Gasteiger partial charge is 0.379 e. The van der Waals surface area contributed by atoms with Gasteiger partial charge < -0.3 is 10.2 Å². The van der Waals surface area contributed by atoms with E-state index < -0.39 is 20.7 Å². The molecule has 0 bridgehead atoms. The first-order chi connectivity index (χ1) is 13.7. The van der Waals surface area contributed by atoms with E-state index in [1.807, 2.05) is 0 Å². The van der Waals surface area contributed by atoms with Gasteiger partial charge in [0.25, 0.3) is 10.0 Å². The summed E-state index contributed by atoms with van der Waals surface area (Å²) in [5.41, 5.74) is 0.418. The van der Waals surface area contributed by atoms with Crippen molar-refractivity contribution in [2.24, 2.45) is 17.8 Å². The van der Waals surface area contributed by atoms with E-state index >= 15 is 0 Å². The van der Waals surface area contributed by atoms with Crippen LogP contribution >= 0.6 is 22.9 Å². The Morgan fingerprint density at radius 2 is 2.00 bits per heavy atom. The number of likely N-dealkylation sites (N-methyl/N-ethyl adjacent to an activating group) is 1. The van der Waals surface area contributed by atoms with E-state index in [1.165, 1.54) is 12.3 Å². The van der Waals surface area contributed by atoms with Crippen LogP contribution < -0.4 is 10.0 Å². The third-order valence-corrected chi connectivity index (χ3v) is 8.72. The quantitative estimate of drug-likeness (QED) is 0.681. The summed E-state index contributed by atoms with van der Waals surface area (Å²) in [5.74, 6) is 1.32. The molecule has 2 N–H and O–H groups in total. The number of anilines is 2. The molecular weight excluding hydrogens is 435 g/mol. The average molecular weight is 459 g/mol. The van der Waals surface area contributed by atoms with Gasteiger partial charge in [-0.15, -0.1) is 11.3 Å². The van der Waals surface area contributed by atoms with Gasteiger partial charge in [-0.2, -0.15) is 0 Å². The Bertz CT molecular complexity index is 1000. The van der Waals surface area contributed by atoms with E-state index in [9.17, 15) is 12.8 Å². The lowest BCUT2D eigenvalue weighted by Crippen LogP contribution is -2.46. The fourth-order valence-electron chi connectivity index (χ4n) is 4.52. The van der Waals surface area contributed by atoms with Gasteiger partial charge in [0.15, 0.2) is 5.13 Å². The normalized spacial score (nSPS) is 28.8. The minimum absolute atomic E-state index is 0.129. The van der Waals surface area contributed by atoms with Crippen molar-refractivity contribution in [3.63, 3.8) is 0 Å². The molecule has 0 amide bonds. The minimum Gasteiger partial charge on any atom is -0.379 e. The number of aromatic nitrogens is 1. The predicted molar refractivity (Wildman–Crippen MR) is 115 cm³/mol. The fourth-order valence-corrected chi connectivity index (χ4v) is 6.68. The van der Waals surface area contributed by atoms with Crippen molar-refractivity contribution >= 4 is 43.8 Å². The molecule has 2 aliphatic rings. The molecule has 2 fully saturated rings. The van der Waals surface area contributed by atoms with Crippen molar-refractivity contribution in [3.05, 3.63) is 34.5 Å². The van der Waals surface area contributed by atoms with Crippen molar-refractivity contribution < 1.29 is 12.8 Å². The second kappa shape index (κ2) is 7.68. The van der Waals surface area contributed by atoms with Gasteiger partial charge in [-0.3, -0.25) is 4.72 Å². The molecule has 1 aromatic carbocycles. The van der Waals surface area contributed by atoms with Crippen molar-refractivity contribution in [2.45, 2.75) is 36.7 Å². The third kappa shape index (κ3) is 4.10. The molecule has 0 aliphatic heterocycles. The monoisotopic (exact) mass is 458 g/mol. The lowest BCUT2D eigenvalue weighted by molar-refractivity contribution is 0.204. The van der Waals surface area contributed by atoms with E-state index in [-0.39, 0.29) is 16.2 Å². The van der Waals surface area contributed by atoms with Crippen LogP contribution in [0.2, 0.25) is 5.02 Å². The molecule has 6 nitrogen and oxygen atoms in total. The second-order valence-electron chi connectivity index (χ2n) is 8.15. The van der Waals surface area contributed by atoms with Crippen LogP contribution in [0.3, 0.4) is 0 Å².